The molecule has 2 aromatic heterocycles. The number of amides is 4. The third kappa shape index (κ3) is 13.2. The molecule has 79 heavy (non-hydrogen) atoms. The van der Waals surface area contributed by atoms with Crippen LogP contribution in [0.15, 0.2) is 67.0 Å². The Bertz CT molecular complexity index is 2920. The number of hydrogen-bond donors (Lipinski definition) is 6. The molecule has 18 nitrogen and oxygen atoms in total. The number of aliphatic hydroxyl groups is 1. The van der Waals surface area contributed by atoms with Crippen LogP contribution in [0.5, 0.6) is 0 Å². The van der Waals surface area contributed by atoms with Crippen molar-refractivity contribution in [2.45, 2.75) is 121 Å². The number of alkyl halides is 6. The summed E-state index contributed by atoms with van der Waals surface area (Å²) in [6, 6.07) is 7.85. The zero-order valence-corrected chi connectivity index (χ0v) is 43.6. The number of hydrogen-bond acceptors (Lipinski definition) is 12. The molecule has 4 amide bonds. The summed E-state index contributed by atoms with van der Waals surface area (Å²) in [4.78, 5) is 61.7. The molecule has 2 aromatic carbocycles. The minimum atomic E-state index is -5.23. The number of nitrogens with zero attached hydrogens (tertiary/aromatic N) is 6. The monoisotopic (exact) mass is 1120 g/mol. The molecule has 6 atom stereocenters. The van der Waals surface area contributed by atoms with Crippen molar-refractivity contribution < 1.29 is 74.0 Å². The fraction of sp³-hybridized carbons (Fsp3) is 0.509. The number of rotatable bonds is 19. The van der Waals surface area contributed by atoms with Crippen LogP contribution in [-0.4, -0.2) is 154 Å². The summed E-state index contributed by atoms with van der Waals surface area (Å²) in [5.74, 6) is 1.21. The fourth-order valence-corrected chi connectivity index (χ4v) is 9.77. The lowest BCUT2D eigenvalue weighted by Crippen LogP contribution is -2.63. The van der Waals surface area contributed by atoms with Crippen molar-refractivity contribution in [1.82, 2.24) is 46.0 Å². The number of anilines is 1. The first kappa shape index (κ1) is 58.1. The summed E-state index contributed by atoms with van der Waals surface area (Å²) in [6.07, 6.45) is -10.4. The van der Waals surface area contributed by atoms with Gasteiger partial charge in [0.15, 0.2) is 0 Å². The number of nitrogens with one attached hydrogen (secondary N) is 4. The minimum Gasteiger partial charge on any atom is -0.465 e. The Morgan fingerprint density at radius 2 is 1.43 bits per heavy atom. The molecule has 426 valence electrons. The maximum Gasteiger partial charge on any atom is 0.407 e. The van der Waals surface area contributed by atoms with Gasteiger partial charge in [0, 0.05) is 72.9 Å². The summed E-state index contributed by atoms with van der Waals surface area (Å²) in [7, 11) is 0.840. The predicted octanol–water partition coefficient (Wildman–Crippen LogP) is 6.08. The predicted molar refractivity (Wildman–Crippen MR) is 268 cm³/mol. The van der Waals surface area contributed by atoms with E-state index in [2.05, 4.69) is 41.8 Å². The SMILES string of the molecule is COC(=O)NC(C(=O)NC(Cc1ccc(C#Cc2ccc(N3C[C@@H]4C[C@H]3CN4C3COC3)nc2)cc1)C(O)CN(Cc1c(F)cc(-c2ccn(C3CC3)n2)cc1F)NC(=O)C(NC(=O)O)C(C)(C)C(F)(F)F)C(C)(C)C(F)(F)F. The second-order valence-electron chi connectivity index (χ2n) is 21.4. The van der Waals surface area contributed by atoms with Crippen LogP contribution in [0.4, 0.5) is 50.5 Å². The molecule has 0 radical (unpaired) electrons. The summed E-state index contributed by atoms with van der Waals surface area (Å²) < 4.78 is 131. The number of fused-ring (bicyclic) bond motifs is 2. The zero-order valence-electron chi connectivity index (χ0n) is 43.6. The number of piperazine rings is 1. The quantitative estimate of drug-likeness (QED) is 0.0357. The highest BCUT2D eigenvalue weighted by molar-refractivity contribution is 5.87. The molecule has 3 saturated heterocycles. The van der Waals surface area contributed by atoms with E-state index < -0.39 is 108 Å². The summed E-state index contributed by atoms with van der Waals surface area (Å²) >= 11 is 0. The van der Waals surface area contributed by atoms with Crippen molar-refractivity contribution in [3.8, 4) is 23.1 Å². The summed E-state index contributed by atoms with van der Waals surface area (Å²) in [5.41, 5.74) is -3.33. The van der Waals surface area contributed by atoms with Crippen LogP contribution in [-0.2, 0) is 32.0 Å². The minimum absolute atomic E-state index is 0.00880. The number of carbonyl (C=O) groups excluding carboxylic acids is 3. The average molecular weight is 1120 g/mol. The number of hydrazine groups is 1. The maximum atomic E-state index is 16.1. The highest BCUT2D eigenvalue weighted by atomic mass is 19.4. The first-order valence-electron chi connectivity index (χ1n) is 25.3. The van der Waals surface area contributed by atoms with Crippen LogP contribution in [0, 0.1) is 34.3 Å². The smallest absolute Gasteiger partial charge is 0.407 e. The van der Waals surface area contributed by atoms with Gasteiger partial charge in [-0.25, -0.2) is 28.4 Å². The van der Waals surface area contributed by atoms with Gasteiger partial charge in [-0.3, -0.25) is 24.6 Å². The Hall–Kier alpha value is -7.08. The lowest BCUT2D eigenvalue weighted by atomic mass is 9.82. The van der Waals surface area contributed by atoms with Crippen molar-refractivity contribution in [3.63, 3.8) is 0 Å². The van der Waals surface area contributed by atoms with Crippen LogP contribution in [0.2, 0.25) is 0 Å². The van der Waals surface area contributed by atoms with Gasteiger partial charge in [0.2, 0.25) is 5.91 Å². The lowest BCUT2D eigenvalue weighted by molar-refractivity contribution is -0.221. The number of ether oxygens (including phenoxy) is 2. The number of aliphatic hydroxyl groups excluding tert-OH is 1. The second kappa shape index (κ2) is 22.9. The van der Waals surface area contributed by atoms with Crippen molar-refractivity contribution in [2.75, 3.05) is 44.9 Å². The molecule has 4 aliphatic rings. The van der Waals surface area contributed by atoms with Crippen LogP contribution in [0.3, 0.4) is 0 Å². The number of pyridine rings is 1. The Balaban J connectivity index is 1.07. The van der Waals surface area contributed by atoms with Crippen molar-refractivity contribution in [3.05, 3.63) is 101 Å². The maximum absolute atomic E-state index is 16.1. The van der Waals surface area contributed by atoms with E-state index in [4.69, 9.17) is 4.74 Å². The average Bonchev–Trinajstić information content (AvgIpc) is 3.95. The molecule has 0 spiro atoms. The molecule has 1 aliphatic carbocycles. The van der Waals surface area contributed by atoms with Gasteiger partial charge < -0.3 is 40.5 Å². The van der Waals surface area contributed by atoms with Gasteiger partial charge in [-0.05, 0) is 101 Å². The van der Waals surface area contributed by atoms with Crippen LogP contribution >= 0.6 is 0 Å². The molecule has 6 N–H and O–H groups in total. The topological polar surface area (TPSA) is 216 Å². The molecular weight excluding hydrogens is 1060 g/mol. The number of benzene rings is 2. The second-order valence-corrected chi connectivity index (χ2v) is 21.4. The van der Waals surface area contributed by atoms with Gasteiger partial charge in [0.25, 0.3) is 5.91 Å². The van der Waals surface area contributed by atoms with E-state index in [0.717, 1.165) is 70.6 Å². The molecule has 4 unspecified atom stereocenters. The van der Waals surface area contributed by atoms with Crippen LogP contribution < -0.4 is 26.3 Å². The molecule has 2 bridgehead atoms. The molecule has 1 saturated carbocycles. The Labute approximate surface area is 449 Å². The van der Waals surface area contributed by atoms with Gasteiger partial charge in [0.05, 0.1) is 61.1 Å². The highest BCUT2D eigenvalue weighted by Gasteiger charge is 2.57. The third-order valence-corrected chi connectivity index (χ3v) is 15.1. The number of carboxylic acid groups (broad SMARTS) is 1. The van der Waals surface area contributed by atoms with E-state index >= 15 is 8.78 Å². The van der Waals surface area contributed by atoms with Crippen LogP contribution in [0.25, 0.3) is 11.3 Å². The van der Waals surface area contributed by atoms with Crippen molar-refractivity contribution in [2.24, 2.45) is 10.8 Å². The number of methoxy groups -OCH3 is 1. The highest BCUT2D eigenvalue weighted by Crippen LogP contribution is 2.42. The Kier molecular flexibility index (Phi) is 16.9. The molecule has 4 aromatic rings. The molecule has 8 rings (SSSR count). The summed E-state index contributed by atoms with van der Waals surface area (Å²) in [6.45, 7) is 3.47. The first-order valence-corrected chi connectivity index (χ1v) is 25.3. The fourth-order valence-electron chi connectivity index (χ4n) is 9.77. The van der Waals surface area contributed by atoms with E-state index in [1.807, 2.05) is 22.9 Å². The first-order chi connectivity index (χ1) is 37.1. The molecule has 5 heterocycles. The number of alkyl carbamates (subject to hydrolysis) is 1. The lowest BCUT2D eigenvalue weighted by Gasteiger charge is -2.42. The van der Waals surface area contributed by atoms with E-state index in [0.29, 0.717) is 67.5 Å². The number of likely N-dealkylation sites (tertiary alicyclic amines) is 1. The van der Waals surface area contributed by atoms with Crippen molar-refractivity contribution >= 4 is 29.8 Å². The molecular formula is C53H60F8N10O8. The normalized spacial score (nSPS) is 19.4. The van der Waals surface area contributed by atoms with Gasteiger partial charge in [0.1, 0.15) is 29.5 Å². The number of aromatic nitrogens is 3. The largest absolute Gasteiger partial charge is 0.465 e. The van der Waals surface area contributed by atoms with Gasteiger partial charge in [-0.1, -0.05) is 24.0 Å². The van der Waals surface area contributed by atoms with Crippen molar-refractivity contribution in [1.29, 1.82) is 0 Å². The molecule has 26 heteroatoms. The van der Waals surface area contributed by atoms with E-state index in [-0.39, 0.29) is 17.3 Å². The van der Waals surface area contributed by atoms with Gasteiger partial charge >= 0.3 is 24.5 Å². The van der Waals surface area contributed by atoms with E-state index in [1.54, 1.807) is 29.2 Å². The number of carbonyl (C=O) groups is 4. The molecule has 3 aliphatic heterocycles. The Morgan fingerprint density at radius 1 is 0.810 bits per heavy atom. The van der Waals surface area contributed by atoms with E-state index in [1.165, 1.54) is 23.5 Å². The van der Waals surface area contributed by atoms with Crippen LogP contribution in [0.1, 0.15) is 75.3 Å². The number of halogens is 8. The van der Waals surface area contributed by atoms with E-state index in [9.17, 15) is 55.7 Å². The third-order valence-electron chi connectivity index (χ3n) is 15.1. The molecule has 4 fully saturated rings. The van der Waals surface area contributed by atoms with Gasteiger partial charge in [-0.15, -0.1) is 0 Å². The Morgan fingerprint density at radius 3 is 1.96 bits per heavy atom. The van der Waals surface area contributed by atoms with Gasteiger partial charge in [-0.2, -0.15) is 31.4 Å². The zero-order chi connectivity index (χ0) is 57.4. The summed E-state index contributed by atoms with van der Waals surface area (Å²) in [5, 5.41) is 32.3. The standard InChI is InChI=1S/C53H60F8N10O8/c1-50(2,52(56,57)58)44(65-49(77)78-5)46(73)63-41(18-30-9-6-29(7-10-30)8-11-31-12-15-43(62-22-31)70-24-34-21-35(70)23-69(34)36-27-79-28-36)42(72)26-68(67-47(74)45(64-48(75)76)51(3,4)53(59,60)61)25-37-38(54)19-32(20-39(37)55)40-16-17-71(66-40)33-13-14-33/h6-7,9-10,12,15-17,19-20,22,33-36,41-42,44-45,64,72H,13-14,18,21,23-28H2,1-5H3,(H,63,73)(H,65,77)(H,67,74)(H,75,76)/t34-,35-,41?,42?,44?,45?/m0/s1.